The number of aryl methyl sites for hydroxylation is 1. The van der Waals surface area contributed by atoms with Gasteiger partial charge in [0.15, 0.2) is 0 Å². The Labute approximate surface area is 199 Å². The maximum absolute atomic E-state index is 13.0. The van der Waals surface area contributed by atoms with Crippen LogP contribution >= 0.6 is 0 Å². The zero-order chi connectivity index (χ0) is 24.1. The molecule has 1 amide bonds. The van der Waals surface area contributed by atoms with Crippen molar-refractivity contribution in [1.82, 2.24) is 13.9 Å². The first-order valence-corrected chi connectivity index (χ1v) is 13.1. The Hall–Kier alpha value is -3.04. The summed E-state index contributed by atoms with van der Waals surface area (Å²) in [6.07, 6.45) is 7.27. The number of hydrogen-bond donors (Lipinski definition) is 1. The van der Waals surface area contributed by atoms with Gasteiger partial charge >= 0.3 is 0 Å². The molecule has 180 valence electrons. The predicted octanol–water partition coefficient (Wildman–Crippen LogP) is 3.77. The minimum Gasteiger partial charge on any atom is -0.326 e. The summed E-state index contributed by atoms with van der Waals surface area (Å²) < 4.78 is 28.9. The fourth-order valence-electron chi connectivity index (χ4n) is 4.42. The van der Waals surface area contributed by atoms with Gasteiger partial charge in [-0.05, 0) is 55.7 Å². The van der Waals surface area contributed by atoms with Gasteiger partial charge in [0.1, 0.15) is 0 Å². The number of hydrogen-bond acceptors (Lipinski definition) is 5. The van der Waals surface area contributed by atoms with Crippen LogP contribution in [0.15, 0.2) is 64.5 Å². The quantitative estimate of drug-likeness (QED) is 0.527. The summed E-state index contributed by atoms with van der Waals surface area (Å²) in [5, 5.41) is 3.35. The lowest BCUT2D eigenvalue weighted by Crippen LogP contribution is -2.38. The summed E-state index contributed by atoms with van der Waals surface area (Å²) >= 11 is 0. The summed E-state index contributed by atoms with van der Waals surface area (Å²) in [4.78, 5) is 29.4. The van der Waals surface area contributed by atoms with Crippen molar-refractivity contribution in [3.63, 3.8) is 0 Å². The van der Waals surface area contributed by atoms with E-state index in [1.807, 2.05) is 6.07 Å². The minimum atomic E-state index is -3.57. The fourth-order valence-corrected chi connectivity index (χ4v) is 5.83. The third-order valence-electron chi connectivity index (χ3n) is 6.44. The van der Waals surface area contributed by atoms with Gasteiger partial charge in [-0.2, -0.15) is 4.31 Å². The van der Waals surface area contributed by atoms with Gasteiger partial charge in [-0.15, -0.1) is 0 Å². The van der Waals surface area contributed by atoms with E-state index >= 15 is 0 Å². The maximum Gasteiger partial charge on any atom is 0.261 e. The third-order valence-corrected chi connectivity index (χ3v) is 8.36. The lowest BCUT2D eigenvalue weighted by Gasteiger charge is -2.30. The van der Waals surface area contributed by atoms with Crippen LogP contribution in [0.3, 0.4) is 0 Å². The highest BCUT2D eigenvalue weighted by molar-refractivity contribution is 7.89. The molecular formula is C25H30N4O4S. The van der Waals surface area contributed by atoms with Crippen LogP contribution in [0.5, 0.6) is 0 Å². The number of carbonyl (C=O) groups is 1. The second kappa shape index (κ2) is 10.5. The van der Waals surface area contributed by atoms with E-state index in [4.69, 9.17) is 0 Å². The van der Waals surface area contributed by atoms with Gasteiger partial charge in [0.2, 0.25) is 15.9 Å². The smallest absolute Gasteiger partial charge is 0.261 e. The number of aromatic nitrogens is 2. The average Bonchev–Trinajstić information content (AvgIpc) is 2.86. The molecule has 0 radical (unpaired) electrons. The fraction of sp³-hybridized carbons (Fsp3) is 0.400. The molecule has 2 aromatic carbocycles. The van der Waals surface area contributed by atoms with Gasteiger partial charge in [-0.25, -0.2) is 13.4 Å². The SMILES string of the molecule is CN(C1CCCCC1)S(=O)(=O)c1ccc(NC(=O)CCCn2cnc3ccccc3c2=O)cc1. The molecular weight excluding hydrogens is 452 g/mol. The van der Waals surface area contributed by atoms with Gasteiger partial charge < -0.3 is 5.32 Å². The molecule has 1 fully saturated rings. The monoisotopic (exact) mass is 482 g/mol. The Morgan fingerprint density at radius 1 is 1.09 bits per heavy atom. The van der Waals surface area contributed by atoms with Crippen molar-refractivity contribution in [3.05, 3.63) is 65.2 Å². The van der Waals surface area contributed by atoms with E-state index in [2.05, 4.69) is 10.3 Å². The highest BCUT2D eigenvalue weighted by Crippen LogP contribution is 2.27. The Morgan fingerprint density at radius 3 is 2.53 bits per heavy atom. The van der Waals surface area contributed by atoms with Gasteiger partial charge in [-0.3, -0.25) is 14.2 Å². The van der Waals surface area contributed by atoms with Crippen LogP contribution in [0.1, 0.15) is 44.9 Å². The molecule has 0 bridgehead atoms. The summed E-state index contributed by atoms with van der Waals surface area (Å²) in [5.41, 5.74) is 1.06. The topological polar surface area (TPSA) is 101 Å². The van der Waals surface area contributed by atoms with Crippen molar-refractivity contribution in [2.75, 3.05) is 12.4 Å². The molecule has 0 saturated heterocycles. The molecule has 1 aromatic heterocycles. The molecule has 1 aliphatic rings. The molecule has 0 aliphatic heterocycles. The van der Waals surface area contributed by atoms with Gasteiger partial charge in [-0.1, -0.05) is 31.4 Å². The van der Waals surface area contributed by atoms with Crippen LogP contribution in [0, 0.1) is 0 Å². The zero-order valence-corrected chi connectivity index (χ0v) is 20.1. The van der Waals surface area contributed by atoms with E-state index in [0.29, 0.717) is 29.6 Å². The van der Waals surface area contributed by atoms with Crippen molar-refractivity contribution in [1.29, 1.82) is 0 Å². The first-order valence-electron chi connectivity index (χ1n) is 11.7. The molecule has 3 aromatic rings. The van der Waals surface area contributed by atoms with Crippen molar-refractivity contribution < 1.29 is 13.2 Å². The van der Waals surface area contributed by atoms with Crippen molar-refractivity contribution >= 4 is 32.5 Å². The number of carbonyl (C=O) groups excluding carboxylic acids is 1. The second-order valence-electron chi connectivity index (χ2n) is 8.75. The largest absolute Gasteiger partial charge is 0.326 e. The van der Waals surface area contributed by atoms with Crippen LogP contribution in [0.25, 0.3) is 10.9 Å². The predicted molar refractivity (Wildman–Crippen MR) is 132 cm³/mol. The molecule has 4 rings (SSSR count). The van der Waals surface area contributed by atoms with E-state index in [1.54, 1.807) is 37.4 Å². The number of fused-ring (bicyclic) bond motifs is 1. The summed E-state index contributed by atoms with van der Waals surface area (Å²) in [6, 6.07) is 13.5. The number of rotatable bonds is 8. The number of para-hydroxylation sites is 1. The summed E-state index contributed by atoms with van der Waals surface area (Å²) in [5.74, 6) is -0.197. The maximum atomic E-state index is 13.0. The van der Waals surface area contributed by atoms with Gasteiger partial charge in [0.05, 0.1) is 22.1 Å². The van der Waals surface area contributed by atoms with Crippen LogP contribution in [0.4, 0.5) is 5.69 Å². The molecule has 8 nitrogen and oxygen atoms in total. The van der Waals surface area contributed by atoms with Gasteiger partial charge in [0, 0.05) is 31.7 Å². The number of anilines is 1. The van der Waals surface area contributed by atoms with E-state index in [-0.39, 0.29) is 28.8 Å². The molecule has 1 N–H and O–H groups in total. The van der Waals surface area contributed by atoms with E-state index in [1.165, 1.54) is 27.3 Å². The molecule has 1 saturated carbocycles. The summed E-state index contributed by atoms with van der Waals surface area (Å²) in [7, 11) is -1.92. The van der Waals surface area contributed by atoms with Crippen LogP contribution in [-0.4, -0.2) is 41.3 Å². The Bertz CT molecular complexity index is 1310. The number of benzene rings is 2. The first-order chi connectivity index (χ1) is 16.4. The number of nitrogens with one attached hydrogen (secondary N) is 1. The second-order valence-corrected chi connectivity index (χ2v) is 10.7. The molecule has 9 heteroatoms. The Balaban J connectivity index is 1.31. The lowest BCUT2D eigenvalue weighted by molar-refractivity contribution is -0.116. The van der Waals surface area contributed by atoms with Crippen molar-refractivity contribution in [3.8, 4) is 0 Å². The molecule has 0 spiro atoms. The van der Waals surface area contributed by atoms with Crippen molar-refractivity contribution in [2.24, 2.45) is 0 Å². The van der Waals surface area contributed by atoms with E-state index < -0.39 is 10.0 Å². The van der Waals surface area contributed by atoms with Crippen LogP contribution in [-0.2, 0) is 21.4 Å². The summed E-state index contributed by atoms with van der Waals surface area (Å²) in [6.45, 7) is 0.384. The highest BCUT2D eigenvalue weighted by Gasteiger charge is 2.28. The lowest BCUT2D eigenvalue weighted by atomic mass is 9.96. The molecule has 1 aliphatic carbocycles. The van der Waals surface area contributed by atoms with E-state index in [0.717, 1.165) is 32.1 Å². The normalized spacial score (nSPS) is 15.0. The Morgan fingerprint density at radius 2 is 1.79 bits per heavy atom. The zero-order valence-electron chi connectivity index (χ0n) is 19.3. The number of sulfonamides is 1. The highest BCUT2D eigenvalue weighted by atomic mass is 32.2. The molecule has 34 heavy (non-hydrogen) atoms. The standard InChI is InChI=1S/C25H30N4O4S/c1-28(20-8-3-2-4-9-20)34(32,33)21-15-13-19(14-16-21)27-24(30)12-7-17-29-18-26-23-11-6-5-10-22(23)25(29)31/h5-6,10-11,13-16,18,20H,2-4,7-9,12,17H2,1H3,(H,27,30). The first kappa shape index (κ1) is 24.1. The van der Waals surface area contributed by atoms with Crippen molar-refractivity contribution in [2.45, 2.75) is 62.4 Å². The number of nitrogens with zero attached hydrogens (tertiary/aromatic N) is 3. The molecule has 0 unspecified atom stereocenters. The minimum absolute atomic E-state index is 0.0449. The molecule has 1 heterocycles. The number of amides is 1. The van der Waals surface area contributed by atoms with Crippen LogP contribution in [0.2, 0.25) is 0 Å². The third kappa shape index (κ3) is 5.37. The van der Waals surface area contributed by atoms with E-state index in [9.17, 15) is 18.0 Å². The average molecular weight is 483 g/mol. The molecule has 0 atom stereocenters. The Kier molecular flexibility index (Phi) is 7.43. The van der Waals surface area contributed by atoms with Crippen LogP contribution < -0.4 is 10.9 Å². The van der Waals surface area contributed by atoms with Gasteiger partial charge in [0.25, 0.3) is 5.56 Å².